The lowest BCUT2D eigenvalue weighted by Gasteiger charge is -2.30. The van der Waals surface area contributed by atoms with Crippen LogP contribution in [0.1, 0.15) is 70.5 Å². The molecule has 0 aliphatic carbocycles. The minimum atomic E-state index is -4.05. The molecule has 0 unspecified atom stereocenters. The van der Waals surface area contributed by atoms with Gasteiger partial charge in [-0.3, -0.25) is 9.29 Å². The Morgan fingerprint density at radius 1 is 1.10 bits per heavy atom. The molecule has 0 spiro atoms. The Morgan fingerprint density at radius 3 is 2.49 bits per heavy atom. The van der Waals surface area contributed by atoms with E-state index in [-0.39, 0.29) is 24.2 Å². The van der Waals surface area contributed by atoms with Crippen molar-refractivity contribution in [3.63, 3.8) is 0 Å². The van der Waals surface area contributed by atoms with E-state index in [0.717, 1.165) is 24.8 Å². The molecule has 0 saturated carbocycles. The number of anilines is 1. The van der Waals surface area contributed by atoms with E-state index in [2.05, 4.69) is 29.9 Å². The van der Waals surface area contributed by atoms with Crippen molar-refractivity contribution in [3.05, 3.63) is 42.0 Å². The van der Waals surface area contributed by atoms with Gasteiger partial charge in [0.15, 0.2) is 11.6 Å². The number of hydrogen-bond acceptors (Lipinski definition) is 10. The first-order valence-corrected chi connectivity index (χ1v) is 14.7. The molecule has 3 aromatic rings. The van der Waals surface area contributed by atoms with Gasteiger partial charge in [-0.2, -0.15) is 0 Å². The van der Waals surface area contributed by atoms with Gasteiger partial charge in [-0.25, -0.2) is 23.4 Å². The van der Waals surface area contributed by atoms with E-state index in [1.807, 2.05) is 27.7 Å². The van der Waals surface area contributed by atoms with Crippen LogP contribution in [0, 0.1) is 6.92 Å². The van der Waals surface area contributed by atoms with Crippen LogP contribution in [-0.2, 0) is 19.5 Å². The first kappa shape index (κ1) is 28.8. The van der Waals surface area contributed by atoms with Crippen molar-refractivity contribution in [1.82, 2.24) is 29.7 Å². The average Bonchev–Trinajstić information content (AvgIpc) is 3.34. The van der Waals surface area contributed by atoms with E-state index in [1.165, 1.54) is 7.11 Å². The molecule has 3 aromatic heterocycles. The number of sulfonamides is 1. The number of ether oxygens (including phenoxy) is 3. The molecular weight excluding hydrogens is 522 g/mol. The van der Waals surface area contributed by atoms with Crippen molar-refractivity contribution in [1.29, 1.82) is 0 Å². The lowest BCUT2D eigenvalue weighted by atomic mass is 10.0. The third-order valence-electron chi connectivity index (χ3n) is 6.64. The molecule has 1 saturated heterocycles. The van der Waals surface area contributed by atoms with Crippen molar-refractivity contribution < 1.29 is 22.6 Å². The Labute approximate surface area is 229 Å². The summed E-state index contributed by atoms with van der Waals surface area (Å²) in [6.07, 6.45) is 4.83. The first-order chi connectivity index (χ1) is 18.6. The molecule has 13 heteroatoms. The predicted molar refractivity (Wildman–Crippen MR) is 146 cm³/mol. The van der Waals surface area contributed by atoms with Crippen LogP contribution in [0.15, 0.2) is 30.6 Å². The Morgan fingerprint density at radius 2 is 1.85 bits per heavy atom. The molecule has 0 bridgehead atoms. The van der Waals surface area contributed by atoms with Gasteiger partial charge in [0.05, 0.1) is 25.4 Å². The normalized spacial score (nSPS) is 18.5. The second kappa shape index (κ2) is 12.3. The zero-order chi connectivity index (χ0) is 28.2. The maximum absolute atomic E-state index is 13.8. The molecule has 0 amide bonds. The van der Waals surface area contributed by atoms with Crippen LogP contribution in [0.4, 0.5) is 5.95 Å². The maximum atomic E-state index is 13.8. The highest BCUT2D eigenvalue weighted by atomic mass is 32.2. The van der Waals surface area contributed by atoms with E-state index < -0.39 is 21.4 Å². The highest BCUT2D eigenvalue weighted by Gasteiger charge is 2.36. The molecule has 4 heterocycles. The number of hydrogen-bond donors (Lipinski definition) is 1. The summed E-state index contributed by atoms with van der Waals surface area (Å²) in [5.74, 6) is 1.17. The van der Waals surface area contributed by atoms with Crippen molar-refractivity contribution in [2.75, 3.05) is 18.4 Å². The van der Waals surface area contributed by atoms with Gasteiger partial charge >= 0.3 is 0 Å². The standard InChI is InChI=1S/C26H37N7O5S/c1-16(2)38-23(24-27-14-17(3)15-28-24)19(5)39(34,35)32-26-31-30-25(20-10-9-12-22(29-20)36-6)33(26)18(4)21-11-7-8-13-37-21/h9-10,12,14-16,18-19,21,23H,7-8,11,13H2,1-6H3,(H,31,32)/t18-,19-,21+,23+/m0/s1. The van der Waals surface area contributed by atoms with Gasteiger partial charge in [-0.15, -0.1) is 10.2 Å². The molecule has 0 aromatic carbocycles. The summed E-state index contributed by atoms with van der Waals surface area (Å²) < 4.78 is 49.3. The predicted octanol–water partition coefficient (Wildman–Crippen LogP) is 3.87. The van der Waals surface area contributed by atoms with Gasteiger partial charge in [-0.05, 0) is 65.5 Å². The number of aryl methyl sites for hydroxylation is 1. The number of nitrogens with zero attached hydrogens (tertiary/aromatic N) is 6. The van der Waals surface area contributed by atoms with Gasteiger partial charge in [0.25, 0.3) is 0 Å². The fourth-order valence-corrected chi connectivity index (χ4v) is 5.58. The van der Waals surface area contributed by atoms with Gasteiger partial charge in [0.2, 0.25) is 21.9 Å². The van der Waals surface area contributed by atoms with Crippen LogP contribution in [0.2, 0.25) is 0 Å². The average molecular weight is 560 g/mol. The smallest absolute Gasteiger partial charge is 0.240 e. The second-order valence-corrected chi connectivity index (χ2v) is 12.0. The number of methoxy groups -OCH3 is 1. The van der Waals surface area contributed by atoms with Gasteiger partial charge in [0, 0.05) is 25.1 Å². The van der Waals surface area contributed by atoms with Gasteiger partial charge in [-0.1, -0.05) is 6.07 Å². The largest absolute Gasteiger partial charge is 0.481 e. The molecule has 1 fully saturated rings. The number of aromatic nitrogens is 6. The summed E-state index contributed by atoms with van der Waals surface area (Å²) in [6.45, 7) is 9.72. The Hall–Kier alpha value is -3.16. The van der Waals surface area contributed by atoms with Crippen LogP contribution >= 0.6 is 0 Å². The molecule has 4 rings (SSSR count). The molecule has 39 heavy (non-hydrogen) atoms. The van der Waals surface area contributed by atoms with E-state index in [1.54, 1.807) is 42.1 Å². The summed E-state index contributed by atoms with van der Waals surface area (Å²) in [4.78, 5) is 13.2. The minimum absolute atomic E-state index is 0.0660. The number of rotatable bonds is 11. The molecule has 0 radical (unpaired) electrons. The molecular formula is C26H37N7O5S. The zero-order valence-electron chi connectivity index (χ0n) is 23.2. The highest BCUT2D eigenvalue weighted by molar-refractivity contribution is 7.93. The third kappa shape index (κ3) is 6.71. The Balaban J connectivity index is 1.72. The molecule has 1 aliphatic heterocycles. The van der Waals surface area contributed by atoms with E-state index in [0.29, 0.717) is 29.8 Å². The fraction of sp³-hybridized carbons (Fsp3) is 0.577. The lowest BCUT2D eigenvalue weighted by Crippen LogP contribution is -2.36. The summed E-state index contributed by atoms with van der Waals surface area (Å²) in [5, 5.41) is 7.54. The first-order valence-electron chi connectivity index (χ1n) is 13.1. The van der Waals surface area contributed by atoms with Gasteiger partial charge in [0.1, 0.15) is 17.0 Å². The van der Waals surface area contributed by atoms with Crippen molar-refractivity contribution in [2.24, 2.45) is 0 Å². The highest BCUT2D eigenvalue weighted by Crippen LogP contribution is 2.33. The third-order valence-corrected chi connectivity index (χ3v) is 8.33. The Bertz CT molecular complexity index is 1340. The SMILES string of the molecule is COc1cccc(-c2nnc(NS(=O)(=O)[C@@H](C)[C@@H](OC(C)C)c3ncc(C)cn3)n2[C@@H](C)[C@H]2CCCCO2)n1. The molecule has 4 atom stereocenters. The molecule has 12 nitrogen and oxygen atoms in total. The minimum Gasteiger partial charge on any atom is -0.481 e. The van der Waals surface area contributed by atoms with E-state index >= 15 is 0 Å². The van der Waals surface area contributed by atoms with Crippen molar-refractivity contribution >= 4 is 16.0 Å². The zero-order valence-corrected chi connectivity index (χ0v) is 24.1. The summed E-state index contributed by atoms with van der Waals surface area (Å²) in [5.41, 5.74) is 1.36. The quantitative estimate of drug-likeness (QED) is 0.368. The van der Waals surface area contributed by atoms with Crippen LogP contribution in [0.25, 0.3) is 11.5 Å². The lowest BCUT2D eigenvalue weighted by molar-refractivity contribution is -0.0116. The monoisotopic (exact) mass is 559 g/mol. The molecule has 212 valence electrons. The number of nitrogens with one attached hydrogen (secondary N) is 1. The van der Waals surface area contributed by atoms with Crippen LogP contribution in [-0.4, -0.2) is 69.3 Å². The molecule has 1 aliphatic rings. The van der Waals surface area contributed by atoms with Crippen molar-refractivity contribution in [3.8, 4) is 17.4 Å². The maximum Gasteiger partial charge on any atom is 0.240 e. The Kier molecular flexibility index (Phi) is 9.13. The molecule has 1 N–H and O–H groups in total. The summed E-state index contributed by atoms with van der Waals surface area (Å²) in [7, 11) is -2.52. The van der Waals surface area contributed by atoms with Crippen molar-refractivity contribution in [2.45, 2.75) is 83.5 Å². The summed E-state index contributed by atoms with van der Waals surface area (Å²) >= 11 is 0. The second-order valence-electron chi connectivity index (χ2n) is 10.0. The summed E-state index contributed by atoms with van der Waals surface area (Å²) in [6, 6.07) is 5.02. The van der Waals surface area contributed by atoms with Crippen LogP contribution in [0.5, 0.6) is 5.88 Å². The van der Waals surface area contributed by atoms with E-state index in [4.69, 9.17) is 14.2 Å². The van der Waals surface area contributed by atoms with Crippen LogP contribution < -0.4 is 9.46 Å². The number of pyridine rings is 1. The topological polar surface area (TPSA) is 143 Å². The van der Waals surface area contributed by atoms with Crippen LogP contribution in [0.3, 0.4) is 0 Å². The van der Waals surface area contributed by atoms with E-state index in [9.17, 15) is 8.42 Å². The fourth-order valence-electron chi connectivity index (χ4n) is 4.49. The van der Waals surface area contributed by atoms with Gasteiger partial charge < -0.3 is 14.2 Å².